The van der Waals surface area contributed by atoms with Crippen molar-refractivity contribution >= 4 is 0 Å². The van der Waals surface area contributed by atoms with E-state index in [-0.39, 0.29) is 12.0 Å². The zero-order chi connectivity index (χ0) is 13.9. The molecule has 1 aliphatic rings. The van der Waals surface area contributed by atoms with E-state index < -0.39 is 11.6 Å². The van der Waals surface area contributed by atoms with Crippen LogP contribution >= 0.6 is 0 Å². The molecule has 1 N–H and O–H groups in total. The highest BCUT2D eigenvalue weighted by Crippen LogP contribution is 2.31. The van der Waals surface area contributed by atoms with Gasteiger partial charge in [-0.2, -0.15) is 4.80 Å². The minimum absolute atomic E-state index is 0.151. The first-order valence-corrected chi connectivity index (χ1v) is 6.64. The molecule has 1 unspecified atom stereocenters. The average molecular weight is 279 g/mol. The third-order valence-electron chi connectivity index (χ3n) is 3.68. The quantitative estimate of drug-likeness (QED) is 0.926. The number of hydrogen-bond acceptors (Lipinski definition) is 4. The normalized spacial score (nSPS) is 20.8. The van der Waals surface area contributed by atoms with Gasteiger partial charge in [0.15, 0.2) is 6.33 Å². The Morgan fingerprint density at radius 3 is 2.90 bits per heavy atom. The Labute approximate surface area is 115 Å². The molecule has 1 saturated heterocycles. The van der Waals surface area contributed by atoms with Gasteiger partial charge in [0.2, 0.25) is 0 Å². The summed E-state index contributed by atoms with van der Waals surface area (Å²) in [5.41, 5.74) is 0.401. The van der Waals surface area contributed by atoms with Gasteiger partial charge in [-0.25, -0.2) is 8.78 Å². The third kappa shape index (κ3) is 2.53. The van der Waals surface area contributed by atoms with Crippen molar-refractivity contribution in [1.82, 2.24) is 25.5 Å². The molecule has 0 aliphatic carbocycles. The fraction of sp³-hybridized carbons (Fsp3) is 0.462. The topological polar surface area (TPSA) is 55.6 Å². The Hall–Kier alpha value is -1.89. The molecular formula is C13H15F2N5. The molecule has 0 spiro atoms. The van der Waals surface area contributed by atoms with Gasteiger partial charge < -0.3 is 5.32 Å². The first-order valence-electron chi connectivity index (χ1n) is 6.64. The van der Waals surface area contributed by atoms with E-state index in [1.165, 1.54) is 23.3 Å². The molecule has 3 rings (SSSR count). The smallest absolute Gasteiger partial charge is 0.162 e. The third-order valence-corrected chi connectivity index (χ3v) is 3.68. The minimum Gasteiger partial charge on any atom is -0.316 e. The predicted octanol–water partition coefficient (Wildman–Crippen LogP) is 1.54. The molecular weight excluding hydrogens is 264 g/mol. The van der Waals surface area contributed by atoms with E-state index in [2.05, 4.69) is 20.7 Å². The Balaban J connectivity index is 2.00. The molecule has 1 fully saturated rings. The monoisotopic (exact) mass is 279 g/mol. The van der Waals surface area contributed by atoms with E-state index in [1.807, 2.05) is 0 Å². The zero-order valence-corrected chi connectivity index (χ0v) is 10.8. The van der Waals surface area contributed by atoms with Crippen LogP contribution in [0.4, 0.5) is 8.78 Å². The molecule has 0 saturated carbocycles. The summed E-state index contributed by atoms with van der Waals surface area (Å²) in [6.45, 7) is 1.71. The lowest BCUT2D eigenvalue weighted by molar-refractivity contribution is 0.256. The summed E-state index contributed by atoms with van der Waals surface area (Å²) < 4.78 is 27.2. The van der Waals surface area contributed by atoms with Gasteiger partial charge >= 0.3 is 0 Å². The van der Waals surface area contributed by atoms with E-state index in [0.29, 0.717) is 5.56 Å². The largest absolute Gasteiger partial charge is 0.316 e. The summed E-state index contributed by atoms with van der Waals surface area (Å²) in [6.07, 6.45) is 3.28. The molecule has 5 nitrogen and oxygen atoms in total. The van der Waals surface area contributed by atoms with Crippen molar-refractivity contribution in [1.29, 1.82) is 0 Å². The van der Waals surface area contributed by atoms with Gasteiger partial charge in [-0.05, 0) is 36.6 Å². The van der Waals surface area contributed by atoms with E-state index in [0.717, 1.165) is 32.0 Å². The molecule has 7 heteroatoms. The first-order chi connectivity index (χ1) is 9.75. The van der Waals surface area contributed by atoms with Gasteiger partial charge in [0, 0.05) is 18.2 Å². The van der Waals surface area contributed by atoms with Crippen LogP contribution in [0.2, 0.25) is 0 Å². The summed E-state index contributed by atoms with van der Waals surface area (Å²) in [5.74, 6) is -1.01. The van der Waals surface area contributed by atoms with Crippen molar-refractivity contribution in [2.45, 2.75) is 18.9 Å². The maximum absolute atomic E-state index is 14.1. The number of nitrogens with zero attached hydrogens (tertiary/aromatic N) is 4. The molecule has 1 aromatic carbocycles. The van der Waals surface area contributed by atoms with E-state index in [9.17, 15) is 8.78 Å². The zero-order valence-electron chi connectivity index (χ0n) is 10.8. The lowest BCUT2D eigenvalue weighted by Gasteiger charge is -2.30. The number of nitrogens with one attached hydrogen (secondary N) is 1. The molecule has 20 heavy (non-hydrogen) atoms. The van der Waals surface area contributed by atoms with Crippen LogP contribution in [0.3, 0.4) is 0 Å². The molecule has 2 aromatic rings. The fourth-order valence-electron chi connectivity index (χ4n) is 2.76. The van der Waals surface area contributed by atoms with Gasteiger partial charge in [0.1, 0.15) is 17.7 Å². The molecule has 0 radical (unpaired) electrons. The molecule has 2 heterocycles. The summed E-state index contributed by atoms with van der Waals surface area (Å²) in [4.78, 5) is 1.41. The standard InChI is InChI=1S/C13H15F2N5/c14-10-3-4-11(12(15)6-10)13(20-18-8-17-19-20)9-2-1-5-16-7-9/h3-4,6,8-9,13,16H,1-2,5,7H2/t9?,13-/m1/s1. The van der Waals surface area contributed by atoms with Crippen molar-refractivity contribution < 1.29 is 8.78 Å². The Bertz CT molecular complexity index is 566. The Morgan fingerprint density at radius 1 is 1.35 bits per heavy atom. The van der Waals surface area contributed by atoms with Crippen molar-refractivity contribution in [2.75, 3.05) is 13.1 Å². The fourth-order valence-corrected chi connectivity index (χ4v) is 2.76. The van der Waals surface area contributed by atoms with Gasteiger partial charge in [-0.1, -0.05) is 6.07 Å². The Kier molecular flexibility index (Phi) is 3.68. The highest BCUT2D eigenvalue weighted by Gasteiger charge is 2.30. The second-order valence-electron chi connectivity index (χ2n) is 4.97. The number of halogens is 2. The van der Waals surface area contributed by atoms with E-state index in [4.69, 9.17) is 0 Å². The van der Waals surface area contributed by atoms with Crippen molar-refractivity contribution in [3.05, 3.63) is 41.7 Å². The number of rotatable bonds is 3. The summed E-state index contributed by atoms with van der Waals surface area (Å²) in [6, 6.07) is 3.26. The van der Waals surface area contributed by atoms with Crippen LogP contribution in [0.5, 0.6) is 0 Å². The SMILES string of the molecule is Fc1ccc([C@@H](C2CCCNC2)n2ncnn2)c(F)c1. The number of tetrazole rings is 1. The number of piperidine rings is 1. The van der Waals surface area contributed by atoms with Crippen molar-refractivity contribution in [2.24, 2.45) is 5.92 Å². The van der Waals surface area contributed by atoms with Crippen molar-refractivity contribution in [3.8, 4) is 0 Å². The lowest BCUT2D eigenvalue weighted by Crippen LogP contribution is -2.36. The second-order valence-corrected chi connectivity index (χ2v) is 4.97. The van der Waals surface area contributed by atoms with Crippen LogP contribution in [-0.2, 0) is 0 Å². The summed E-state index contributed by atoms with van der Waals surface area (Å²) in [7, 11) is 0. The number of hydrogen-bond donors (Lipinski definition) is 1. The van der Waals surface area contributed by atoms with Crippen LogP contribution < -0.4 is 5.32 Å². The highest BCUT2D eigenvalue weighted by atomic mass is 19.1. The maximum Gasteiger partial charge on any atom is 0.162 e. The molecule has 0 amide bonds. The highest BCUT2D eigenvalue weighted by molar-refractivity contribution is 5.23. The van der Waals surface area contributed by atoms with Crippen LogP contribution in [-0.4, -0.2) is 33.3 Å². The van der Waals surface area contributed by atoms with Crippen LogP contribution in [0.25, 0.3) is 0 Å². The molecule has 2 atom stereocenters. The number of benzene rings is 1. The van der Waals surface area contributed by atoms with E-state index >= 15 is 0 Å². The van der Waals surface area contributed by atoms with Gasteiger partial charge in [0.25, 0.3) is 0 Å². The van der Waals surface area contributed by atoms with Crippen LogP contribution in [0.15, 0.2) is 24.5 Å². The lowest BCUT2D eigenvalue weighted by atomic mass is 9.87. The average Bonchev–Trinajstić information content (AvgIpc) is 2.97. The second kappa shape index (κ2) is 5.62. The van der Waals surface area contributed by atoms with Gasteiger partial charge in [-0.15, -0.1) is 10.2 Å². The maximum atomic E-state index is 14.1. The summed E-state index contributed by atoms with van der Waals surface area (Å²) in [5, 5.41) is 14.9. The van der Waals surface area contributed by atoms with E-state index in [1.54, 1.807) is 0 Å². The predicted molar refractivity (Wildman–Crippen MR) is 67.9 cm³/mol. The molecule has 106 valence electrons. The Morgan fingerprint density at radius 2 is 2.25 bits per heavy atom. The minimum atomic E-state index is -0.585. The molecule has 1 aromatic heterocycles. The van der Waals surface area contributed by atoms with Crippen LogP contribution in [0, 0.1) is 17.6 Å². The summed E-state index contributed by atoms with van der Waals surface area (Å²) >= 11 is 0. The van der Waals surface area contributed by atoms with Crippen molar-refractivity contribution in [3.63, 3.8) is 0 Å². The molecule has 1 aliphatic heterocycles. The van der Waals surface area contributed by atoms with Gasteiger partial charge in [0.05, 0.1) is 0 Å². The van der Waals surface area contributed by atoms with Gasteiger partial charge in [-0.3, -0.25) is 0 Å². The van der Waals surface area contributed by atoms with Crippen LogP contribution in [0.1, 0.15) is 24.4 Å². The molecule has 0 bridgehead atoms. The number of aromatic nitrogens is 4. The first kappa shape index (κ1) is 13.1.